The molecule has 0 heterocycles. The van der Waals surface area contributed by atoms with E-state index in [4.69, 9.17) is 5.84 Å². The van der Waals surface area contributed by atoms with E-state index in [1.54, 1.807) is 0 Å². The molecule has 3 nitrogen and oxygen atoms in total. The van der Waals surface area contributed by atoms with Crippen LogP contribution in [0.4, 0.5) is 0 Å². The molecule has 2 rings (SSSR count). The van der Waals surface area contributed by atoms with Crippen molar-refractivity contribution in [2.45, 2.75) is 58.0 Å². The van der Waals surface area contributed by atoms with Crippen molar-refractivity contribution in [2.24, 2.45) is 5.84 Å². The minimum Gasteiger partial charge on any atom is -0.296 e. The van der Waals surface area contributed by atoms with Gasteiger partial charge in [-0.25, -0.2) is 0 Å². The maximum Gasteiger partial charge on any atom is 0.0643 e. The Hall–Kier alpha value is -0.900. The van der Waals surface area contributed by atoms with Crippen LogP contribution in [0.5, 0.6) is 0 Å². The van der Waals surface area contributed by atoms with Crippen molar-refractivity contribution in [3.05, 3.63) is 35.4 Å². The maximum absolute atomic E-state index is 5.98. The molecule has 0 bridgehead atoms. The average molecular weight is 275 g/mol. The van der Waals surface area contributed by atoms with Gasteiger partial charge < -0.3 is 0 Å². The fraction of sp³-hybridized carbons (Fsp3) is 0.647. The highest BCUT2D eigenvalue weighted by Gasteiger charge is 2.45. The molecule has 3 N–H and O–H groups in total. The van der Waals surface area contributed by atoms with Crippen molar-refractivity contribution in [1.29, 1.82) is 0 Å². The van der Waals surface area contributed by atoms with Crippen LogP contribution >= 0.6 is 0 Å². The number of hydrazine groups is 1. The highest BCUT2D eigenvalue weighted by molar-refractivity contribution is 5.27. The lowest BCUT2D eigenvalue weighted by Gasteiger charge is -2.46. The van der Waals surface area contributed by atoms with Gasteiger partial charge in [-0.05, 0) is 38.4 Å². The summed E-state index contributed by atoms with van der Waals surface area (Å²) < 4.78 is 0. The first-order valence-electron chi connectivity index (χ1n) is 7.95. The topological polar surface area (TPSA) is 41.3 Å². The zero-order valence-corrected chi connectivity index (χ0v) is 13.2. The van der Waals surface area contributed by atoms with Crippen molar-refractivity contribution in [1.82, 2.24) is 10.3 Å². The van der Waals surface area contributed by atoms with Gasteiger partial charge in [-0.15, -0.1) is 0 Å². The Bertz CT molecular complexity index is 403. The molecule has 1 aliphatic rings. The third-order valence-electron chi connectivity index (χ3n) is 4.98. The molecule has 1 fully saturated rings. The van der Waals surface area contributed by atoms with Crippen molar-refractivity contribution >= 4 is 0 Å². The van der Waals surface area contributed by atoms with E-state index in [0.29, 0.717) is 0 Å². The summed E-state index contributed by atoms with van der Waals surface area (Å²) in [5.41, 5.74) is 5.91. The smallest absolute Gasteiger partial charge is 0.0643 e. The summed E-state index contributed by atoms with van der Waals surface area (Å²) in [7, 11) is 0. The molecule has 1 aromatic carbocycles. The third kappa shape index (κ3) is 2.76. The molecule has 112 valence electrons. The van der Waals surface area contributed by atoms with E-state index >= 15 is 0 Å². The van der Waals surface area contributed by atoms with Crippen molar-refractivity contribution < 1.29 is 0 Å². The second-order valence-electron chi connectivity index (χ2n) is 5.99. The second-order valence-corrected chi connectivity index (χ2v) is 5.99. The molecule has 0 aromatic heterocycles. The molecule has 1 saturated carbocycles. The van der Waals surface area contributed by atoms with Gasteiger partial charge in [0.1, 0.15) is 0 Å². The molecular formula is C17H29N3. The number of rotatable bonds is 6. The standard InChI is InChI=1S/C17H29N3/c1-4-20(5-2)17(12-6-7-13-17)16(19-18)15-10-8-14(3)9-11-15/h8-11,16,19H,4-7,12-13,18H2,1-3H3. The van der Waals surface area contributed by atoms with Gasteiger partial charge in [0.05, 0.1) is 6.04 Å². The third-order valence-corrected chi connectivity index (χ3v) is 4.98. The molecule has 3 heteroatoms. The molecule has 0 spiro atoms. The summed E-state index contributed by atoms with van der Waals surface area (Å²) in [6, 6.07) is 9.03. The lowest BCUT2D eigenvalue weighted by atomic mass is 9.82. The fourth-order valence-electron chi connectivity index (χ4n) is 3.95. The van der Waals surface area contributed by atoms with Gasteiger partial charge in [-0.2, -0.15) is 0 Å². The highest BCUT2D eigenvalue weighted by Crippen LogP contribution is 2.44. The number of hydrogen-bond donors (Lipinski definition) is 2. The van der Waals surface area contributed by atoms with Gasteiger partial charge in [-0.1, -0.05) is 56.5 Å². The van der Waals surface area contributed by atoms with E-state index in [0.717, 1.165) is 13.1 Å². The van der Waals surface area contributed by atoms with E-state index in [2.05, 4.69) is 55.4 Å². The molecule has 1 unspecified atom stereocenters. The number of hydrogen-bond acceptors (Lipinski definition) is 3. The van der Waals surface area contributed by atoms with E-state index in [9.17, 15) is 0 Å². The molecule has 1 aliphatic carbocycles. The summed E-state index contributed by atoms with van der Waals surface area (Å²) in [6.45, 7) is 8.81. The van der Waals surface area contributed by atoms with Crippen molar-refractivity contribution in [3.63, 3.8) is 0 Å². The lowest BCUT2D eigenvalue weighted by Crippen LogP contribution is -2.56. The van der Waals surface area contributed by atoms with Crippen LogP contribution in [-0.2, 0) is 0 Å². The van der Waals surface area contributed by atoms with Gasteiger partial charge in [0, 0.05) is 5.54 Å². The summed E-state index contributed by atoms with van der Waals surface area (Å²) in [4.78, 5) is 2.60. The zero-order valence-electron chi connectivity index (χ0n) is 13.2. The number of benzene rings is 1. The summed E-state index contributed by atoms with van der Waals surface area (Å²) in [5.74, 6) is 5.98. The van der Waals surface area contributed by atoms with Gasteiger partial charge >= 0.3 is 0 Å². The van der Waals surface area contributed by atoms with Gasteiger partial charge in [0.2, 0.25) is 0 Å². The minimum absolute atomic E-state index is 0.174. The molecular weight excluding hydrogens is 246 g/mol. The molecule has 0 amide bonds. The van der Waals surface area contributed by atoms with Gasteiger partial charge in [-0.3, -0.25) is 16.2 Å². The quantitative estimate of drug-likeness (QED) is 0.619. The minimum atomic E-state index is 0.174. The van der Waals surface area contributed by atoms with Crippen LogP contribution in [0.25, 0.3) is 0 Å². The fourth-order valence-corrected chi connectivity index (χ4v) is 3.95. The highest BCUT2D eigenvalue weighted by atomic mass is 15.3. The van der Waals surface area contributed by atoms with Crippen LogP contribution in [0.2, 0.25) is 0 Å². The van der Waals surface area contributed by atoms with E-state index in [-0.39, 0.29) is 11.6 Å². The maximum atomic E-state index is 5.98. The second kappa shape index (κ2) is 6.70. The lowest BCUT2D eigenvalue weighted by molar-refractivity contribution is 0.0626. The Kier molecular flexibility index (Phi) is 5.19. The predicted octanol–water partition coefficient (Wildman–Crippen LogP) is 3.15. The van der Waals surface area contributed by atoms with E-state index < -0.39 is 0 Å². The Morgan fingerprint density at radius 2 is 1.70 bits per heavy atom. The van der Waals surface area contributed by atoms with E-state index in [1.165, 1.54) is 36.8 Å². The summed E-state index contributed by atoms with van der Waals surface area (Å²) >= 11 is 0. The number of likely N-dealkylation sites (N-methyl/N-ethyl adjacent to an activating group) is 1. The van der Waals surface area contributed by atoms with E-state index in [1.807, 2.05) is 0 Å². The van der Waals surface area contributed by atoms with Gasteiger partial charge in [0.15, 0.2) is 0 Å². The normalized spacial score (nSPS) is 19.4. The first-order chi connectivity index (χ1) is 9.67. The van der Waals surface area contributed by atoms with Gasteiger partial charge in [0.25, 0.3) is 0 Å². The molecule has 1 atom stereocenters. The monoisotopic (exact) mass is 275 g/mol. The molecule has 20 heavy (non-hydrogen) atoms. The Morgan fingerprint density at radius 3 is 2.15 bits per heavy atom. The van der Waals surface area contributed by atoms with Crippen LogP contribution in [0, 0.1) is 6.92 Å². The average Bonchev–Trinajstić information content (AvgIpc) is 2.93. The molecule has 0 saturated heterocycles. The SMILES string of the molecule is CCN(CC)C1(C(NN)c2ccc(C)cc2)CCCC1. The number of nitrogens with one attached hydrogen (secondary N) is 1. The van der Waals surface area contributed by atoms with Crippen LogP contribution in [0.3, 0.4) is 0 Å². The Labute approximate surface area is 123 Å². The van der Waals surface area contributed by atoms with Crippen LogP contribution in [0.1, 0.15) is 56.7 Å². The van der Waals surface area contributed by atoms with Crippen LogP contribution in [0.15, 0.2) is 24.3 Å². The Balaban J connectivity index is 2.37. The first kappa shape index (κ1) is 15.5. The summed E-state index contributed by atoms with van der Waals surface area (Å²) in [5, 5.41) is 0. The number of nitrogens with two attached hydrogens (primary N) is 1. The predicted molar refractivity (Wildman–Crippen MR) is 85.4 cm³/mol. The molecule has 0 aliphatic heterocycles. The van der Waals surface area contributed by atoms with Crippen molar-refractivity contribution in [2.75, 3.05) is 13.1 Å². The first-order valence-corrected chi connectivity index (χ1v) is 7.95. The number of aryl methyl sites for hydroxylation is 1. The Morgan fingerprint density at radius 1 is 1.15 bits per heavy atom. The summed E-state index contributed by atoms with van der Waals surface area (Å²) in [6.07, 6.45) is 5.08. The van der Waals surface area contributed by atoms with Crippen LogP contribution < -0.4 is 11.3 Å². The molecule has 1 aromatic rings. The van der Waals surface area contributed by atoms with Crippen LogP contribution in [-0.4, -0.2) is 23.5 Å². The molecule has 0 radical (unpaired) electrons. The zero-order chi connectivity index (χ0) is 14.6. The largest absolute Gasteiger partial charge is 0.296 e. The van der Waals surface area contributed by atoms with Crippen molar-refractivity contribution in [3.8, 4) is 0 Å². The number of nitrogens with zero attached hydrogens (tertiary/aromatic N) is 1.